The van der Waals surface area contributed by atoms with Crippen LogP contribution in [0.3, 0.4) is 0 Å². The molecule has 0 aliphatic rings. The van der Waals surface area contributed by atoms with E-state index in [1.807, 2.05) is 0 Å². The van der Waals surface area contributed by atoms with Crippen LogP contribution in [0.25, 0.3) is 0 Å². The van der Waals surface area contributed by atoms with Crippen molar-refractivity contribution in [3.8, 4) is 0 Å². The van der Waals surface area contributed by atoms with E-state index in [0.717, 1.165) is 0 Å². The minimum absolute atomic E-state index is 0.180. The Morgan fingerprint density at radius 1 is 1.77 bits per heavy atom. The maximum absolute atomic E-state index is 13.2. The summed E-state index contributed by atoms with van der Waals surface area (Å²) in [6, 6.07) is 3.07. The van der Waals surface area contributed by atoms with Gasteiger partial charge in [0.2, 0.25) is 6.17 Å². The largest absolute Gasteiger partial charge is 0.464 e. The lowest BCUT2D eigenvalue weighted by atomic mass is 10.2. The molecule has 13 heavy (non-hydrogen) atoms. The van der Waals surface area contributed by atoms with Gasteiger partial charge in [-0.15, -0.1) is 0 Å². The van der Waals surface area contributed by atoms with E-state index >= 15 is 0 Å². The van der Waals surface area contributed by atoms with Gasteiger partial charge in [0.1, 0.15) is 0 Å². The van der Waals surface area contributed by atoms with Gasteiger partial charge in [0.25, 0.3) is 0 Å². The molecule has 1 unspecified atom stereocenters. The summed E-state index contributed by atoms with van der Waals surface area (Å²) >= 11 is 0. The highest BCUT2D eigenvalue weighted by Crippen LogP contribution is 2.17. The fraction of sp³-hybridized carbons (Fsp3) is 0.333. The molecule has 0 N–H and O–H groups in total. The molecular formula is C9H10FNO2. The van der Waals surface area contributed by atoms with Crippen molar-refractivity contribution < 1.29 is 13.9 Å². The van der Waals surface area contributed by atoms with Gasteiger partial charge in [-0.3, -0.25) is 4.98 Å². The molecular weight excluding hydrogens is 173 g/mol. The molecule has 1 aromatic heterocycles. The zero-order valence-corrected chi connectivity index (χ0v) is 7.24. The molecule has 1 rings (SSSR count). The maximum atomic E-state index is 13.2. The smallest absolute Gasteiger partial charge is 0.345 e. The van der Waals surface area contributed by atoms with Crippen LogP contribution in [0, 0.1) is 0 Å². The molecule has 0 aliphatic carbocycles. The van der Waals surface area contributed by atoms with E-state index in [4.69, 9.17) is 0 Å². The van der Waals surface area contributed by atoms with Gasteiger partial charge in [-0.25, -0.2) is 9.18 Å². The van der Waals surface area contributed by atoms with E-state index in [-0.39, 0.29) is 12.2 Å². The van der Waals surface area contributed by atoms with Crippen molar-refractivity contribution in [1.29, 1.82) is 0 Å². The molecule has 3 nitrogen and oxygen atoms in total. The number of pyridine rings is 1. The quantitative estimate of drug-likeness (QED) is 0.669. The summed E-state index contributed by atoms with van der Waals surface area (Å²) in [5.41, 5.74) is 0.223. The zero-order chi connectivity index (χ0) is 9.68. The number of hydrogen-bond donors (Lipinski definition) is 0. The second kappa shape index (κ2) is 4.54. The SMILES string of the molecule is CCOC(=O)C(F)c1cccnc1. The summed E-state index contributed by atoms with van der Waals surface area (Å²) in [5, 5.41) is 0. The molecule has 0 radical (unpaired) electrons. The third-order valence-electron chi connectivity index (χ3n) is 1.47. The predicted molar refractivity (Wildman–Crippen MR) is 44.7 cm³/mol. The van der Waals surface area contributed by atoms with Crippen molar-refractivity contribution in [2.45, 2.75) is 13.1 Å². The summed E-state index contributed by atoms with van der Waals surface area (Å²) < 4.78 is 17.7. The van der Waals surface area contributed by atoms with E-state index < -0.39 is 12.1 Å². The van der Waals surface area contributed by atoms with Gasteiger partial charge >= 0.3 is 5.97 Å². The zero-order valence-electron chi connectivity index (χ0n) is 7.24. The number of nitrogens with zero attached hydrogens (tertiary/aromatic N) is 1. The van der Waals surface area contributed by atoms with E-state index in [2.05, 4.69) is 9.72 Å². The fourth-order valence-electron chi connectivity index (χ4n) is 0.877. The Bertz CT molecular complexity index is 276. The molecule has 0 bridgehead atoms. The number of esters is 1. The topological polar surface area (TPSA) is 39.2 Å². The first-order valence-corrected chi connectivity index (χ1v) is 3.96. The highest BCUT2D eigenvalue weighted by Gasteiger charge is 2.20. The van der Waals surface area contributed by atoms with Gasteiger partial charge in [-0.1, -0.05) is 6.07 Å². The molecule has 0 amide bonds. The predicted octanol–water partition coefficient (Wildman–Crippen LogP) is 1.66. The first-order chi connectivity index (χ1) is 6.25. The van der Waals surface area contributed by atoms with Crippen molar-refractivity contribution in [2.24, 2.45) is 0 Å². The minimum atomic E-state index is -1.73. The van der Waals surface area contributed by atoms with E-state index in [1.165, 1.54) is 18.5 Å². The molecule has 1 heterocycles. The number of alkyl halides is 1. The van der Waals surface area contributed by atoms with E-state index in [0.29, 0.717) is 0 Å². The summed E-state index contributed by atoms with van der Waals surface area (Å²) in [5.74, 6) is -0.865. The second-order valence-corrected chi connectivity index (χ2v) is 2.40. The van der Waals surface area contributed by atoms with Crippen LogP contribution >= 0.6 is 0 Å². The normalized spacial score (nSPS) is 12.2. The number of rotatable bonds is 3. The molecule has 0 fully saturated rings. The Hall–Kier alpha value is -1.45. The first-order valence-electron chi connectivity index (χ1n) is 3.96. The molecule has 0 aromatic carbocycles. The van der Waals surface area contributed by atoms with Crippen molar-refractivity contribution in [3.63, 3.8) is 0 Å². The highest BCUT2D eigenvalue weighted by atomic mass is 19.1. The van der Waals surface area contributed by atoms with Crippen LogP contribution in [0.2, 0.25) is 0 Å². The third-order valence-corrected chi connectivity index (χ3v) is 1.47. The molecule has 0 saturated heterocycles. The summed E-state index contributed by atoms with van der Waals surface area (Å²) in [6.45, 7) is 1.81. The Morgan fingerprint density at radius 2 is 2.54 bits per heavy atom. The minimum Gasteiger partial charge on any atom is -0.464 e. The van der Waals surface area contributed by atoms with Crippen LogP contribution in [-0.2, 0) is 9.53 Å². The van der Waals surface area contributed by atoms with E-state index in [9.17, 15) is 9.18 Å². The number of hydrogen-bond acceptors (Lipinski definition) is 3. The highest BCUT2D eigenvalue weighted by molar-refractivity contribution is 5.76. The summed E-state index contributed by atoms with van der Waals surface area (Å²) in [7, 11) is 0. The number of halogens is 1. The van der Waals surface area contributed by atoms with Crippen LogP contribution in [-0.4, -0.2) is 17.6 Å². The number of ether oxygens (including phenoxy) is 1. The molecule has 0 saturated carbocycles. The Balaban J connectivity index is 2.68. The first kappa shape index (κ1) is 9.64. The Morgan fingerprint density at radius 3 is 3.08 bits per heavy atom. The van der Waals surface area contributed by atoms with Crippen molar-refractivity contribution in [1.82, 2.24) is 4.98 Å². The molecule has 70 valence electrons. The number of carbonyl (C=O) groups is 1. The monoisotopic (exact) mass is 183 g/mol. The third kappa shape index (κ3) is 2.50. The lowest BCUT2D eigenvalue weighted by Gasteiger charge is -2.06. The average molecular weight is 183 g/mol. The average Bonchev–Trinajstić information content (AvgIpc) is 2.18. The van der Waals surface area contributed by atoms with Crippen molar-refractivity contribution in [3.05, 3.63) is 30.1 Å². The van der Waals surface area contributed by atoms with Gasteiger partial charge < -0.3 is 4.74 Å². The molecule has 0 spiro atoms. The Labute approximate surface area is 75.6 Å². The van der Waals surface area contributed by atoms with Gasteiger partial charge in [0.15, 0.2) is 0 Å². The molecule has 1 aromatic rings. The summed E-state index contributed by atoms with van der Waals surface area (Å²) in [6.07, 6.45) is 1.09. The van der Waals surface area contributed by atoms with Gasteiger partial charge in [0.05, 0.1) is 6.61 Å². The van der Waals surface area contributed by atoms with Crippen molar-refractivity contribution >= 4 is 5.97 Å². The van der Waals surface area contributed by atoms with Crippen LogP contribution in [0.15, 0.2) is 24.5 Å². The lowest BCUT2D eigenvalue weighted by Crippen LogP contribution is -2.11. The van der Waals surface area contributed by atoms with E-state index in [1.54, 1.807) is 13.0 Å². The number of carbonyl (C=O) groups excluding carboxylic acids is 1. The number of aromatic nitrogens is 1. The summed E-state index contributed by atoms with van der Waals surface area (Å²) in [4.78, 5) is 14.6. The molecule has 4 heteroatoms. The van der Waals surface area contributed by atoms with Crippen LogP contribution in [0.1, 0.15) is 18.7 Å². The van der Waals surface area contributed by atoms with Crippen molar-refractivity contribution in [2.75, 3.05) is 6.61 Å². The lowest BCUT2D eigenvalue weighted by molar-refractivity contribution is -0.149. The van der Waals surface area contributed by atoms with Crippen LogP contribution in [0.5, 0.6) is 0 Å². The van der Waals surface area contributed by atoms with Crippen LogP contribution < -0.4 is 0 Å². The van der Waals surface area contributed by atoms with Gasteiger partial charge in [0, 0.05) is 18.0 Å². The molecule has 0 aliphatic heterocycles. The fourth-order valence-corrected chi connectivity index (χ4v) is 0.877. The Kier molecular flexibility index (Phi) is 3.37. The van der Waals surface area contributed by atoms with Crippen LogP contribution in [0.4, 0.5) is 4.39 Å². The maximum Gasteiger partial charge on any atom is 0.345 e. The second-order valence-electron chi connectivity index (χ2n) is 2.40. The standard InChI is InChI=1S/C9H10FNO2/c1-2-13-9(12)8(10)7-4-3-5-11-6-7/h3-6,8H,2H2,1H3. The molecule has 1 atom stereocenters. The van der Waals surface area contributed by atoms with Gasteiger partial charge in [-0.05, 0) is 13.0 Å². The van der Waals surface area contributed by atoms with Gasteiger partial charge in [-0.2, -0.15) is 0 Å².